The largest absolute Gasteiger partial charge is 0.481 e. The van der Waals surface area contributed by atoms with E-state index in [1.54, 1.807) is 0 Å². The number of rotatable bonds is 6. The van der Waals surface area contributed by atoms with Crippen molar-refractivity contribution in [3.05, 3.63) is 96.1 Å². The van der Waals surface area contributed by atoms with Gasteiger partial charge in [-0.2, -0.15) is 0 Å². The van der Waals surface area contributed by atoms with Gasteiger partial charge < -0.3 is 14.2 Å². The zero-order chi connectivity index (χ0) is 24.9. The summed E-state index contributed by atoms with van der Waals surface area (Å²) >= 11 is 0. The molecule has 0 heterocycles. The highest BCUT2D eigenvalue weighted by Gasteiger charge is 2.00. The van der Waals surface area contributed by atoms with Crippen molar-refractivity contribution in [3.63, 3.8) is 0 Å². The van der Waals surface area contributed by atoms with E-state index in [0.717, 1.165) is 44.9 Å². The fourth-order valence-corrected chi connectivity index (χ4v) is 3.01. The molecule has 4 aromatic rings. The van der Waals surface area contributed by atoms with E-state index in [2.05, 4.69) is 23.7 Å². The Bertz CT molecular complexity index is 1330. The van der Waals surface area contributed by atoms with Crippen molar-refractivity contribution in [1.82, 2.24) is 0 Å². The molecule has 0 saturated carbocycles. The highest BCUT2D eigenvalue weighted by Crippen LogP contribution is 2.25. The van der Waals surface area contributed by atoms with E-state index in [1.165, 1.54) is 0 Å². The maximum absolute atomic E-state index is 5.64. The molecule has 3 heteroatoms. The van der Waals surface area contributed by atoms with E-state index in [4.69, 9.17) is 39.9 Å². The summed E-state index contributed by atoms with van der Waals surface area (Å²) < 4.78 is 16.4. The van der Waals surface area contributed by atoms with Crippen LogP contribution in [0.1, 0.15) is 11.1 Å². The zero-order valence-electron chi connectivity index (χ0n) is 19.0. The number of hydrogen-bond acceptors (Lipinski definition) is 3. The van der Waals surface area contributed by atoms with Crippen molar-refractivity contribution in [3.8, 4) is 72.4 Å². The Labute approximate surface area is 206 Å². The van der Waals surface area contributed by atoms with Gasteiger partial charge in [0.15, 0.2) is 0 Å². The maximum atomic E-state index is 5.64. The average Bonchev–Trinajstić information content (AvgIpc) is 2.91. The van der Waals surface area contributed by atoms with Crippen LogP contribution in [-0.4, -0.2) is 13.2 Å². The van der Waals surface area contributed by atoms with Crippen molar-refractivity contribution >= 4 is 10.8 Å². The minimum atomic E-state index is 0.263. The zero-order valence-corrected chi connectivity index (χ0v) is 19.0. The van der Waals surface area contributed by atoms with Crippen LogP contribution < -0.4 is 14.2 Å². The SMILES string of the molecule is C#CCOc1ccc2ccc(OCC#C)cc2c1.C#Cc1ccc(Oc2ccc(C#C)cc2)cc1. The third kappa shape index (κ3) is 7.41. The summed E-state index contributed by atoms with van der Waals surface area (Å²) in [4.78, 5) is 0. The molecule has 0 spiro atoms. The molecule has 4 rings (SSSR count). The van der Waals surface area contributed by atoms with Gasteiger partial charge in [0.05, 0.1) is 0 Å². The second-order valence-corrected chi connectivity index (χ2v) is 7.10. The quantitative estimate of drug-likeness (QED) is 0.320. The summed E-state index contributed by atoms with van der Waals surface area (Å²) in [5.41, 5.74) is 1.67. The lowest BCUT2D eigenvalue weighted by molar-refractivity contribution is 0.369. The van der Waals surface area contributed by atoms with Crippen LogP contribution in [-0.2, 0) is 0 Å². The Morgan fingerprint density at radius 1 is 0.486 bits per heavy atom. The first-order valence-corrected chi connectivity index (χ1v) is 10.6. The van der Waals surface area contributed by atoms with Gasteiger partial charge >= 0.3 is 0 Å². The van der Waals surface area contributed by atoms with Crippen molar-refractivity contribution in [2.75, 3.05) is 13.2 Å². The van der Waals surface area contributed by atoms with Crippen LogP contribution in [0.15, 0.2) is 84.9 Å². The van der Waals surface area contributed by atoms with Crippen LogP contribution in [0.2, 0.25) is 0 Å². The van der Waals surface area contributed by atoms with Crippen molar-refractivity contribution in [1.29, 1.82) is 0 Å². The molecule has 0 aliphatic rings. The number of ether oxygens (including phenoxy) is 3. The number of terminal acetylenes is 4. The van der Waals surface area contributed by atoms with E-state index in [-0.39, 0.29) is 13.2 Å². The van der Waals surface area contributed by atoms with Crippen molar-refractivity contribution in [2.24, 2.45) is 0 Å². The van der Waals surface area contributed by atoms with E-state index in [9.17, 15) is 0 Å². The molecule has 3 nitrogen and oxygen atoms in total. The normalized spacial score (nSPS) is 9.26. The first-order chi connectivity index (χ1) is 17.1. The summed E-state index contributed by atoms with van der Waals surface area (Å²) in [5.74, 6) is 13.0. The summed E-state index contributed by atoms with van der Waals surface area (Å²) in [6, 6.07) is 26.3. The first-order valence-electron chi connectivity index (χ1n) is 10.6. The van der Waals surface area contributed by atoms with Gasteiger partial charge in [0.2, 0.25) is 0 Å². The summed E-state index contributed by atoms with van der Waals surface area (Å²) in [6.45, 7) is 0.525. The molecular formula is C32H22O3. The van der Waals surface area contributed by atoms with Gasteiger partial charge in [-0.15, -0.1) is 25.7 Å². The molecule has 168 valence electrons. The second-order valence-electron chi connectivity index (χ2n) is 7.10. The van der Waals surface area contributed by atoms with Crippen molar-refractivity contribution < 1.29 is 14.2 Å². The van der Waals surface area contributed by atoms with E-state index >= 15 is 0 Å². The van der Waals surface area contributed by atoms with Gasteiger partial charge in [-0.25, -0.2) is 0 Å². The van der Waals surface area contributed by atoms with Crippen molar-refractivity contribution in [2.45, 2.75) is 0 Å². The predicted octanol–water partition coefficient (Wildman–Crippen LogP) is 6.31. The third-order valence-electron chi connectivity index (χ3n) is 4.71. The number of hydrogen-bond donors (Lipinski definition) is 0. The Kier molecular flexibility index (Phi) is 8.88. The average molecular weight is 455 g/mol. The van der Waals surface area contributed by atoms with Crippen LogP contribution in [0, 0.1) is 49.4 Å². The molecule has 0 unspecified atom stereocenters. The molecule has 0 amide bonds. The summed E-state index contributed by atoms with van der Waals surface area (Å²) in [6.07, 6.45) is 20.9. The molecule has 0 aliphatic carbocycles. The van der Waals surface area contributed by atoms with Crippen LogP contribution >= 0.6 is 0 Å². The van der Waals surface area contributed by atoms with Gasteiger partial charge in [0.25, 0.3) is 0 Å². The highest BCUT2D eigenvalue weighted by atomic mass is 16.5. The molecule has 0 radical (unpaired) electrons. The number of benzene rings is 4. The van der Waals surface area contributed by atoms with Crippen LogP contribution in [0.3, 0.4) is 0 Å². The van der Waals surface area contributed by atoms with E-state index in [1.807, 2.05) is 84.9 Å². The number of fused-ring (bicyclic) bond motifs is 1. The fraction of sp³-hybridized carbons (Fsp3) is 0.0625. The van der Waals surface area contributed by atoms with Gasteiger partial charge in [-0.3, -0.25) is 0 Å². The molecule has 0 fully saturated rings. The van der Waals surface area contributed by atoms with Crippen LogP contribution in [0.5, 0.6) is 23.0 Å². The first kappa shape index (κ1) is 24.4. The van der Waals surface area contributed by atoms with Gasteiger partial charge in [-0.1, -0.05) is 35.8 Å². The van der Waals surface area contributed by atoms with Crippen LogP contribution in [0.4, 0.5) is 0 Å². The monoisotopic (exact) mass is 454 g/mol. The summed E-state index contributed by atoms with van der Waals surface area (Å²) in [5, 5.41) is 2.13. The van der Waals surface area contributed by atoms with Crippen LogP contribution in [0.25, 0.3) is 10.8 Å². The third-order valence-corrected chi connectivity index (χ3v) is 4.71. The van der Waals surface area contributed by atoms with E-state index in [0.29, 0.717) is 0 Å². The minimum absolute atomic E-state index is 0.263. The lowest BCUT2D eigenvalue weighted by Gasteiger charge is -2.06. The van der Waals surface area contributed by atoms with E-state index < -0.39 is 0 Å². The Hall–Kier alpha value is -5.22. The Morgan fingerprint density at radius 2 is 0.886 bits per heavy atom. The maximum Gasteiger partial charge on any atom is 0.148 e. The van der Waals surface area contributed by atoms with Gasteiger partial charge in [-0.05, 0) is 83.6 Å². The highest BCUT2D eigenvalue weighted by molar-refractivity contribution is 5.85. The molecule has 0 aromatic heterocycles. The van der Waals surface area contributed by atoms with Gasteiger partial charge in [0.1, 0.15) is 36.2 Å². The summed E-state index contributed by atoms with van der Waals surface area (Å²) in [7, 11) is 0. The molecule has 0 aliphatic heterocycles. The Balaban J connectivity index is 0.000000196. The smallest absolute Gasteiger partial charge is 0.148 e. The molecule has 35 heavy (non-hydrogen) atoms. The second kappa shape index (κ2) is 12.7. The lowest BCUT2D eigenvalue weighted by atomic mass is 10.1. The predicted molar refractivity (Wildman–Crippen MR) is 141 cm³/mol. The lowest BCUT2D eigenvalue weighted by Crippen LogP contribution is -1.94. The molecule has 4 aromatic carbocycles. The topological polar surface area (TPSA) is 27.7 Å². The fourth-order valence-electron chi connectivity index (χ4n) is 3.01. The molecule has 0 atom stereocenters. The van der Waals surface area contributed by atoms with Gasteiger partial charge in [0, 0.05) is 11.1 Å². The standard InChI is InChI=1S/C16H12O2.C16H10O/c1-3-9-17-15-7-5-13-6-8-16(18-10-4-2)12-14(13)11-15;1-3-13-5-9-15(10-6-13)17-16-11-7-14(4-2)8-12-16/h1-2,5-8,11-12H,9-10H2;1-2,5-12H. The molecule has 0 saturated heterocycles. The molecule has 0 N–H and O–H groups in total. The minimum Gasteiger partial charge on any atom is -0.481 e. The molecule has 0 bridgehead atoms. The Morgan fingerprint density at radius 3 is 1.26 bits per heavy atom. The molecular weight excluding hydrogens is 432 g/mol.